The monoisotopic (exact) mass is 288 g/mol. The molecular weight excluding hydrogens is 272 g/mol. The summed E-state index contributed by atoms with van der Waals surface area (Å²) in [4.78, 5) is 3.98. The number of halogens is 1. The van der Waals surface area contributed by atoms with Gasteiger partial charge in [0.05, 0.1) is 0 Å². The molecule has 1 aromatic carbocycles. The van der Waals surface area contributed by atoms with Crippen LogP contribution in [-0.4, -0.2) is 16.1 Å². The van der Waals surface area contributed by atoms with Gasteiger partial charge in [-0.25, -0.2) is 4.98 Å². The summed E-state index contributed by atoms with van der Waals surface area (Å²) in [6.45, 7) is 6.03. The Labute approximate surface area is 124 Å². The number of nitrogens with zero attached hydrogens (tertiary/aromatic N) is 3. The highest BCUT2D eigenvalue weighted by Crippen LogP contribution is 2.21. The maximum absolute atomic E-state index is 8.98. The highest BCUT2D eigenvalue weighted by atomic mass is 35.5. The van der Waals surface area contributed by atoms with Crippen LogP contribution in [0.2, 0.25) is 5.02 Å². The second kappa shape index (κ2) is 6.56. The molecule has 0 bridgehead atoms. The fraction of sp³-hybridized carbons (Fsp3) is 0.333. The highest BCUT2D eigenvalue weighted by molar-refractivity contribution is 6.31. The van der Waals surface area contributed by atoms with E-state index in [1.807, 2.05) is 18.2 Å². The first kappa shape index (κ1) is 14.6. The summed E-state index contributed by atoms with van der Waals surface area (Å²) >= 11 is 6.30. The van der Waals surface area contributed by atoms with E-state index >= 15 is 0 Å². The van der Waals surface area contributed by atoms with Gasteiger partial charge in [0.1, 0.15) is 6.07 Å². The molecule has 0 saturated carbocycles. The predicted octanol–water partition coefficient (Wildman–Crippen LogP) is 3.14. The molecule has 1 N–H and O–H groups in total. The smallest absolute Gasteiger partial charge is 0.217 e. The first-order valence-corrected chi connectivity index (χ1v) is 6.92. The molecule has 1 heterocycles. The molecule has 0 aliphatic heterocycles. The number of aromatic nitrogens is 2. The molecule has 0 unspecified atom stereocenters. The van der Waals surface area contributed by atoms with E-state index in [-0.39, 0.29) is 0 Å². The Balaban J connectivity index is 2.16. The van der Waals surface area contributed by atoms with Crippen molar-refractivity contribution in [2.24, 2.45) is 5.92 Å². The van der Waals surface area contributed by atoms with E-state index in [2.05, 4.69) is 30.2 Å². The molecule has 2 rings (SSSR count). The van der Waals surface area contributed by atoms with Gasteiger partial charge in [-0.15, -0.1) is 0 Å². The quantitative estimate of drug-likeness (QED) is 0.919. The third-order valence-corrected chi connectivity index (χ3v) is 3.28. The van der Waals surface area contributed by atoms with Crippen LogP contribution in [0.15, 0.2) is 30.6 Å². The van der Waals surface area contributed by atoms with Gasteiger partial charge in [0.25, 0.3) is 0 Å². The van der Waals surface area contributed by atoms with Gasteiger partial charge in [-0.3, -0.25) is 4.57 Å². The van der Waals surface area contributed by atoms with Crippen LogP contribution in [0.4, 0.5) is 0 Å². The summed E-state index contributed by atoms with van der Waals surface area (Å²) in [5, 5.41) is 13.0. The van der Waals surface area contributed by atoms with Gasteiger partial charge >= 0.3 is 0 Å². The van der Waals surface area contributed by atoms with Gasteiger partial charge in [0.15, 0.2) is 0 Å². The molecule has 0 spiro atoms. The first-order chi connectivity index (χ1) is 9.61. The van der Waals surface area contributed by atoms with Crippen LogP contribution in [0.1, 0.15) is 25.2 Å². The molecular formula is C15H17ClN4. The molecule has 0 radical (unpaired) electrons. The molecule has 104 valence electrons. The van der Waals surface area contributed by atoms with E-state index in [0.29, 0.717) is 16.8 Å². The molecule has 0 aliphatic rings. The Kier molecular flexibility index (Phi) is 4.78. The van der Waals surface area contributed by atoms with Crippen molar-refractivity contribution >= 4 is 11.6 Å². The predicted molar refractivity (Wildman–Crippen MR) is 79.8 cm³/mol. The standard InChI is InChI=1S/C15H17ClN4/c1-11(2)9-18-10-12-3-4-13(7-14(12)16)20-6-5-19-15(20)8-17/h3-7,11,18H,9-10H2,1-2H3. The van der Waals surface area contributed by atoms with Crippen molar-refractivity contribution in [2.75, 3.05) is 6.54 Å². The number of rotatable bonds is 5. The highest BCUT2D eigenvalue weighted by Gasteiger charge is 2.07. The zero-order valence-electron chi connectivity index (χ0n) is 11.6. The lowest BCUT2D eigenvalue weighted by Gasteiger charge is -2.11. The van der Waals surface area contributed by atoms with E-state index in [0.717, 1.165) is 24.3 Å². The van der Waals surface area contributed by atoms with Crippen LogP contribution in [-0.2, 0) is 6.54 Å². The average molecular weight is 289 g/mol. The molecule has 0 amide bonds. The van der Waals surface area contributed by atoms with E-state index in [1.165, 1.54) is 0 Å². The van der Waals surface area contributed by atoms with Gasteiger partial charge in [-0.2, -0.15) is 5.26 Å². The first-order valence-electron chi connectivity index (χ1n) is 6.54. The Morgan fingerprint density at radius 3 is 2.90 bits per heavy atom. The third-order valence-electron chi connectivity index (χ3n) is 2.92. The van der Waals surface area contributed by atoms with Crippen molar-refractivity contribution in [3.05, 3.63) is 47.0 Å². The number of imidazole rings is 1. The topological polar surface area (TPSA) is 53.6 Å². The molecule has 0 saturated heterocycles. The van der Waals surface area contributed by atoms with E-state index in [9.17, 15) is 0 Å². The summed E-state index contributed by atoms with van der Waals surface area (Å²) in [5.74, 6) is 0.962. The molecule has 0 aliphatic carbocycles. The molecule has 2 aromatic rings. The lowest BCUT2D eigenvalue weighted by Crippen LogP contribution is -2.19. The van der Waals surface area contributed by atoms with Crippen molar-refractivity contribution in [1.82, 2.24) is 14.9 Å². The maximum Gasteiger partial charge on any atom is 0.217 e. The number of hydrogen-bond donors (Lipinski definition) is 1. The average Bonchev–Trinajstić information content (AvgIpc) is 2.88. The van der Waals surface area contributed by atoms with E-state index in [4.69, 9.17) is 16.9 Å². The zero-order valence-corrected chi connectivity index (χ0v) is 12.4. The Bertz CT molecular complexity index is 625. The minimum atomic E-state index is 0.353. The van der Waals surface area contributed by atoms with Crippen molar-refractivity contribution in [2.45, 2.75) is 20.4 Å². The molecule has 0 fully saturated rings. The fourth-order valence-corrected chi connectivity index (χ4v) is 2.16. The van der Waals surface area contributed by atoms with Crippen LogP contribution < -0.4 is 5.32 Å². The fourth-order valence-electron chi connectivity index (χ4n) is 1.92. The van der Waals surface area contributed by atoms with Crippen LogP contribution >= 0.6 is 11.6 Å². The lowest BCUT2D eigenvalue weighted by atomic mass is 10.2. The lowest BCUT2D eigenvalue weighted by molar-refractivity contribution is 0.552. The zero-order chi connectivity index (χ0) is 14.5. The van der Waals surface area contributed by atoms with Gasteiger partial charge in [0.2, 0.25) is 5.82 Å². The Morgan fingerprint density at radius 1 is 1.45 bits per heavy atom. The minimum Gasteiger partial charge on any atom is -0.312 e. The van der Waals surface area contributed by atoms with Crippen molar-refractivity contribution in [3.8, 4) is 11.8 Å². The normalized spacial score (nSPS) is 10.8. The molecule has 4 nitrogen and oxygen atoms in total. The van der Waals surface area contributed by atoms with E-state index in [1.54, 1.807) is 17.0 Å². The minimum absolute atomic E-state index is 0.353. The molecule has 20 heavy (non-hydrogen) atoms. The maximum atomic E-state index is 8.98. The second-order valence-corrected chi connectivity index (χ2v) is 5.44. The summed E-state index contributed by atoms with van der Waals surface area (Å²) in [6.07, 6.45) is 3.35. The van der Waals surface area contributed by atoms with Crippen LogP contribution in [0.5, 0.6) is 0 Å². The van der Waals surface area contributed by atoms with Gasteiger partial charge in [0, 0.05) is 29.6 Å². The number of nitriles is 1. The van der Waals surface area contributed by atoms with Gasteiger partial charge < -0.3 is 5.32 Å². The van der Waals surface area contributed by atoms with Crippen LogP contribution in [0.25, 0.3) is 5.69 Å². The van der Waals surface area contributed by atoms with Crippen LogP contribution in [0.3, 0.4) is 0 Å². The van der Waals surface area contributed by atoms with Crippen molar-refractivity contribution in [3.63, 3.8) is 0 Å². The molecule has 0 atom stereocenters. The third kappa shape index (κ3) is 3.38. The van der Waals surface area contributed by atoms with Crippen LogP contribution in [0, 0.1) is 17.2 Å². The Morgan fingerprint density at radius 2 is 2.25 bits per heavy atom. The SMILES string of the molecule is CC(C)CNCc1ccc(-n2ccnc2C#N)cc1Cl. The molecule has 5 heteroatoms. The van der Waals surface area contributed by atoms with Crippen molar-refractivity contribution in [1.29, 1.82) is 5.26 Å². The largest absolute Gasteiger partial charge is 0.312 e. The van der Waals surface area contributed by atoms with Gasteiger partial charge in [-0.05, 0) is 30.2 Å². The number of benzene rings is 1. The van der Waals surface area contributed by atoms with Gasteiger partial charge in [-0.1, -0.05) is 31.5 Å². The van der Waals surface area contributed by atoms with E-state index < -0.39 is 0 Å². The number of nitrogens with one attached hydrogen (secondary N) is 1. The second-order valence-electron chi connectivity index (χ2n) is 5.03. The summed E-state index contributed by atoms with van der Waals surface area (Å²) in [7, 11) is 0. The summed E-state index contributed by atoms with van der Waals surface area (Å²) < 4.78 is 1.72. The summed E-state index contributed by atoms with van der Waals surface area (Å²) in [6, 6.07) is 7.83. The summed E-state index contributed by atoms with van der Waals surface area (Å²) in [5.41, 5.74) is 1.89. The number of hydrogen-bond acceptors (Lipinski definition) is 3. The van der Waals surface area contributed by atoms with Crippen molar-refractivity contribution < 1.29 is 0 Å². The molecule has 1 aromatic heterocycles. The Hall–Kier alpha value is -1.83.